The van der Waals surface area contributed by atoms with E-state index in [2.05, 4.69) is 15.9 Å². The zero-order valence-corrected chi connectivity index (χ0v) is 15.3. The van der Waals surface area contributed by atoms with E-state index in [1.54, 1.807) is 0 Å². The van der Waals surface area contributed by atoms with Crippen LogP contribution < -0.4 is 5.73 Å². The van der Waals surface area contributed by atoms with Crippen LogP contribution in [0.15, 0.2) is 53.0 Å². The maximum Gasteiger partial charge on any atom is 0.407 e. The second-order valence-corrected chi connectivity index (χ2v) is 7.26. The number of aliphatic hydroxyl groups is 1. The monoisotopic (exact) mass is 404 g/mol. The van der Waals surface area contributed by atoms with Crippen molar-refractivity contribution in [1.29, 1.82) is 0 Å². The first-order chi connectivity index (χ1) is 12.0. The number of carboxylic acid groups (broad SMARTS) is 1. The summed E-state index contributed by atoms with van der Waals surface area (Å²) in [6.07, 6.45) is 0.160. The number of benzene rings is 2. The molecule has 0 aliphatic carbocycles. The summed E-state index contributed by atoms with van der Waals surface area (Å²) in [6.45, 7) is 0. The van der Waals surface area contributed by atoms with Gasteiger partial charge in [-0.3, -0.25) is 4.90 Å². The van der Waals surface area contributed by atoms with Gasteiger partial charge in [-0.2, -0.15) is 0 Å². The molecule has 0 aromatic heterocycles. The molecule has 132 valence electrons. The van der Waals surface area contributed by atoms with Crippen LogP contribution >= 0.6 is 15.9 Å². The molecule has 0 unspecified atom stereocenters. The number of nitrogens with two attached hydrogens (primary N) is 1. The van der Waals surface area contributed by atoms with Crippen LogP contribution in [0.4, 0.5) is 10.5 Å². The molecule has 1 aliphatic heterocycles. The first-order valence-corrected chi connectivity index (χ1v) is 9.05. The average molecular weight is 405 g/mol. The van der Waals surface area contributed by atoms with Gasteiger partial charge >= 0.3 is 6.09 Å². The zero-order valence-electron chi connectivity index (χ0n) is 13.7. The molecule has 1 aliphatic rings. The van der Waals surface area contributed by atoms with Gasteiger partial charge in [0.25, 0.3) is 0 Å². The SMILES string of the molecule is Nc1ccc(C[C@H]2CC[C@H]([C@H](O)c3ccccc3)N2C(=O)O)cc1Br. The summed E-state index contributed by atoms with van der Waals surface area (Å²) in [5.74, 6) is 0. The minimum absolute atomic E-state index is 0.156. The van der Waals surface area contributed by atoms with E-state index in [1.807, 2.05) is 48.5 Å². The molecular weight excluding hydrogens is 384 g/mol. The number of rotatable bonds is 4. The lowest BCUT2D eigenvalue weighted by Crippen LogP contribution is -2.44. The normalized spacial score (nSPS) is 21.3. The van der Waals surface area contributed by atoms with Crippen LogP contribution in [0.5, 0.6) is 0 Å². The molecule has 3 rings (SSSR count). The van der Waals surface area contributed by atoms with E-state index in [-0.39, 0.29) is 6.04 Å². The Balaban J connectivity index is 1.79. The van der Waals surface area contributed by atoms with Gasteiger partial charge in [0.2, 0.25) is 0 Å². The lowest BCUT2D eigenvalue weighted by molar-refractivity contribution is 0.0540. The Morgan fingerprint density at radius 2 is 1.96 bits per heavy atom. The third kappa shape index (κ3) is 3.80. The lowest BCUT2D eigenvalue weighted by atomic mass is 10.0. The van der Waals surface area contributed by atoms with Crippen molar-refractivity contribution in [3.8, 4) is 0 Å². The topological polar surface area (TPSA) is 86.8 Å². The average Bonchev–Trinajstić information content (AvgIpc) is 3.02. The molecule has 4 N–H and O–H groups in total. The Morgan fingerprint density at radius 3 is 2.60 bits per heavy atom. The molecule has 1 saturated heterocycles. The smallest absolute Gasteiger partial charge is 0.407 e. The van der Waals surface area contributed by atoms with Gasteiger partial charge in [0.05, 0.1) is 12.1 Å². The molecule has 1 heterocycles. The van der Waals surface area contributed by atoms with E-state index in [0.29, 0.717) is 18.5 Å². The van der Waals surface area contributed by atoms with Gasteiger partial charge in [-0.05, 0) is 58.5 Å². The molecule has 25 heavy (non-hydrogen) atoms. The number of anilines is 1. The summed E-state index contributed by atoms with van der Waals surface area (Å²) in [6, 6.07) is 14.3. The largest absolute Gasteiger partial charge is 0.465 e. The number of hydrogen-bond donors (Lipinski definition) is 3. The fourth-order valence-electron chi connectivity index (χ4n) is 3.56. The van der Waals surface area contributed by atoms with Crippen LogP contribution in [0.25, 0.3) is 0 Å². The van der Waals surface area contributed by atoms with E-state index in [4.69, 9.17) is 5.73 Å². The van der Waals surface area contributed by atoms with E-state index < -0.39 is 18.2 Å². The van der Waals surface area contributed by atoms with E-state index in [0.717, 1.165) is 22.0 Å². The first kappa shape index (κ1) is 17.8. The summed E-state index contributed by atoms with van der Waals surface area (Å²) in [7, 11) is 0. The van der Waals surface area contributed by atoms with Crippen molar-refractivity contribution in [2.75, 3.05) is 5.73 Å². The number of likely N-dealkylation sites (tertiary alicyclic amines) is 1. The van der Waals surface area contributed by atoms with Gasteiger partial charge in [-0.1, -0.05) is 36.4 Å². The fourth-order valence-corrected chi connectivity index (χ4v) is 3.99. The maximum atomic E-state index is 11.9. The summed E-state index contributed by atoms with van der Waals surface area (Å²) in [5.41, 5.74) is 8.23. The van der Waals surface area contributed by atoms with Crippen molar-refractivity contribution >= 4 is 27.7 Å². The highest BCUT2D eigenvalue weighted by Crippen LogP contribution is 2.35. The molecule has 0 radical (unpaired) electrons. The molecule has 2 aromatic rings. The number of carbonyl (C=O) groups is 1. The Bertz CT molecular complexity index is 754. The van der Waals surface area contributed by atoms with Crippen molar-refractivity contribution in [2.24, 2.45) is 0 Å². The first-order valence-electron chi connectivity index (χ1n) is 8.25. The maximum absolute atomic E-state index is 11.9. The van der Waals surface area contributed by atoms with Crippen LogP contribution in [-0.4, -0.2) is 33.3 Å². The standard InChI is InChI=1S/C19H21BrN2O3/c20-15-11-12(6-8-16(15)21)10-14-7-9-17(22(14)19(24)25)18(23)13-4-2-1-3-5-13/h1-6,8,11,14,17-18,23H,7,9-10,21H2,(H,24,25)/t14-,17-,18-/m1/s1. The Hall–Kier alpha value is -2.05. The molecule has 2 aromatic carbocycles. The van der Waals surface area contributed by atoms with Crippen molar-refractivity contribution in [3.05, 3.63) is 64.1 Å². The minimum atomic E-state index is -0.989. The molecule has 5 nitrogen and oxygen atoms in total. The van der Waals surface area contributed by atoms with Crippen LogP contribution in [0, 0.1) is 0 Å². The number of amides is 1. The third-order valence-corrected chi connectivity index (χ3v) is 5.50. The van der Waals surface area contributed by atoms with Crippen molar-refractivity contribution in [1.82, 2.24) is 4.90 Å². The molecule has 1 amide bonds. The Kier molecular flexibility index (Phi) is 5.30. The number of halogens is 1. The highest BCUT2D eigenvalue weighted by Gasteiger charge is 2.41. The Morgan fingerprint density at radius 1 is 1.24 bits per heavy atom. The van der Waals surface area contributed by atoms with E-state index in [1.165, 1.54) is 4.90 Å². The molecule has 3 atom stereocenters. The predicted octanol–water partition coefficient (Wildman–Crippen LogP) is 3.82. The Labute approximate surface area is 155 Å². The second kappa shape index (κ2) is 7.45. The zero-order chi connectivity index (χ0) is 18.0. The van der Waals surface area contributed by atoms with Gasteiger partial charge in [0.1, 0.15) is 0 Å². The molecule has 6 heteroatoms. The molecule has 1 fully saturated rings. The van der Waals surface area contributed by atoms with Gasteiger partial charge in [-0.25, -0.2) is 4.79 Å². The number of hydrogen-bond acceptors (Lipinski definition) is 3. The van der Waals surface area contributed by atoms with Crippen molar-refractivity contribution < 1.29 is 15.0 Å². The van der Waals surface area contributed by atoms with Gasteiger partial charge < -0.3 is 15.9 Å². The van der Waals surface area contributed by atoms with E-state index >= 15 is 0 Å². The second-order valence-electron chi connectivity index (χ2n) is 6.40. The van der Waals surface area contributed by atoms with Crippen LogP contribution in [0.2, 0.25) is 0 Å². The van der Waals surface area contributed by atoms with Gasteiger partial charge in [0.15, 0.2) is 0 Å². The summed E-state index contributed by atoms with van der Waals surface area (Å²) in [5, 5.41) is 20.4. The molecule has 0 bridgehead atoms. The van der Waals surface area contributed by atoms with Crippen molar-refractivity contribution in [2.45, 2.75) is 37.5 Å². The molecule has 0 saturated carbocycles. The third-order valence-electron chi connectivity index (χ3n) is 4.81. The van der Waals surface area contributed by atoms with Crippen LogP contribution in [0.1, 0.15) is 30.1 Å². The van der Waals surface area contributed by atoms with E-state index in [9.17, 15) is 15.0 Å². The summed E-state index contributed by atoms with van der Waals surface area (Å²) >= 11 is 3.41. The quantitative estimate of drug-likeness (QED) is 0.675. The highest BCUT2D eigenvalue weighted by molar-refractivity contribution is 9.10. The number of nitrogen functional groups attached to an aromatic ring is 1. The summed E-state index contributed by atoms with van der Waals surface area (Å²) in [4.78, 5) is 13.3. The van der Waals surface area contributed by atoms with Gasteiger partial charge in [-0.15, -0.1) is 0 Å². The predicted molar refractivity (Wildman–Crippen MR) is 100 cm³/mol. The van der Waals surface area contributed by atoms with Crippen LogP contribution in [0.3, 0.4) is 0 Å². The van der Waals surface area contributed by atoms with Crippen LogP contribution in [-0.2, 0) is 6.42 Å². The minimum Gasteiger partial charge on any atom is -0.465 e. The van der Waals surface area contributed by atoms with Crippen molar-refractivity contribution in [3.63, 3.8) is 0 Å². The fraction of sp³-hybridized carbons (Fsp3) is 0.316. The van der Waals surface area contributed by atoms with Gasteiger partial charge in [0, 0.05) is 16.2 Å². The highest BCUT2D eigenvalue weighted by atomic mass is 79.9. The number of aliphatic hydroxyl groups excluding tert-OH is 1. The number of nitrogens with zero attached hydrogens (tertiary/aromatic N) is 1. The lowest BCUT2D eigenvalue weighted by Gasteiger charge is -2.31. The molecular formula is C19H21BrN2O3. The summed E-state index contributed by atoms with van der Waals surface area (Å²) < 4.78 is 0.811. The molecule has 0 spiro atoms.